The Morgan fingerprint density at radius 3 is 3.00 bits per heavy atom. The van der Waals surface area contributed by atoms with Gasteiger partial charge in [-0.05, 0) is 31.9 Å². The van der Waals surface area contributed by atoms with Gasteiger partial charge in [-0.2, -0.15) is 0 Å². The number of aromatic nitrogens is 2. The lowest BCUT2D eigenvalue weighted by Crippen LogP contribution is -2.32. The van der Waals surface area contributed by atoms with E-state index in [4.69, 9.17) is 14.9 Å². The Morgan fingerprint density at radius 1 is 1.44 bits per heavy atom. The molecule has 0 spiro atoms. The number of fused-ring (bicyclic) bond motifs is 2. The van der Waals surface area contributed by atoms with Crippen LogP contribution in [0.2, 0.25) is 0 Å². The normalized spacial score (nSPS) is 22.0. The fourth-order valence-corrected chi connectivity index (χ4v) is 4.35. The molecule has 2 atom stereocenters. The Kier molecular flexibility index (Phi) is 3.49. The van der Waals surface area contributed by atoms with Crippen molar-refractivity contribution in [2.45, 2.75) is 26.3 Å². The third-order valence-electron chi connectivity index (χ3n) is 5.67. The molecule has 4 heterocycles. The minimum Gasteiger partial charge on any atom is -0.487 e. The smallest absolute Gasteiger partial charge is 0.281 e. The predicted molar refractivity (Wildman–Crippen MR) is 100 cm³/mol. The summed E-state index contributed by atoms with van der Waals surface area (Å²) in [5.74, 6) is 0.737. The van der Waals surface area contributed by atoms with Crippen molar-refractivity contribution in [1.29, 1.82) is 0 Å². The van der Waals surface area contributed by atoms with Crippen molar-refractivity contribution in [2.75, 3.05) is 31.1 Å². The van der Waals surface area contributed by atoms with Crippen molar-refractivity contribution in [3.8, 4) is 5.75 Å². The van der Waals surface area contributed by atoms with Gasteiger partial charge in [-0.1, -0.05) is 0 Å². The Hall–Kier alpha value is -2.61. The highest BCUT2D eigenvalue weighted by Gasteiger charge is 2.33. The Bertz CT molecular complexity index is 1140. The van der Waals surface area contributed by atoms with Crippen molar-refractivity contribution in [1.82, 2.24) is 9.55 Å². The molecule has 2 aromatic heterocycles. The molecule has 0 aliphatic carbocycles. The molecule has 7 nitrogen and oxygen atoms in total. The lowest BCUT2D eigenvalue weighted by Gasteiger charge is -2.30. The van der Waals surface area contributed by atoms with Crippen LogP contribution in [-0.2, 0) is 0 Å². The van der Waals surface area contributed by atoms with Gasteiger partial charge in [-0.25, -0.2) is 9.37 Å². The van der Waals surface area contributed by atoms with E-state index in [9.17, 15) is 4.79 Å². The van der Waals surface area contributed by atoms with E-state index in [2.05, 4.69) is 4.98 Å². The van der Waals surface area contributed by atoms with Crippen LogP contribution in [0.1, 0.15) is 25.3 Å². The Morgan fingerprint density at radius 2 is 2.26 bits per heavy atom. The number of nitrogens with zero attached hydrogens (tertiary/aromatic N) is 3. The maximum atomic E-state index is 15.2. The highest BCUT2D eigenvalue weighted by Crippen LogP contribution is 2.44. The van der Waals surface area contributed by atoms with E-state index < -0.39 is 0 Å². The van der Waals surface area contributed by atoms with Crippen LogP contribution < -0.4 is 20.9 Å². The molecule has 0 bridgehead atoms. The summed E-state index contributed by atoms with van der Waals surface area (Å²) in [6, 6.07) is 1.26. The third kappa shape index (κ3) is 2.22. The minimum absolute atomic E-state index is 0.178. The van der Waals surface area contributed by atoms with Crippen LogP contribution in [0, 0.1) is 18.7 Å². The third-order valence-corrected chi connectivity index (χ3v) is 5.67. The topological polar surface area (TPSA) is 86.5 Å². The SMILES string of the molecule is Cc1nc2c(=O)n3c4c(c(N5CC[C@H](CN)C5)c(F)cc4c2o1)OC[C@@H]3C. The second kappa shape index (κ2) is 5.69. The van der Waals surface area contributed by atoms with Gasteiger partial charge in [0.1, 0.15) is 17.8 Å². The lowest BCUT2D eigenvalue weighted by atomic mass is 10.1. The lowest BCUT2D eigenvalue weighted by molar-refractivity contribution is 0.245. The molecule has 0 saturated carbocycles. The van der Waals surface area contributed by atoms with Gasteiger partial charge in [0, 0.05) is 20.0 Å². The largest absolute Gasteiger partial charge is 0.487 e. The molecule has 3 aromatic rings. The van der Waals surface area contributed by atoms with Gasteiger partial charge in [-0.3, -0.25) is 9.36 Å². The molecule has 1 saturated heterocycles. The maximum Gasteiger partial charge on any atom is 0.281 e. The molecule has 1 aromatic carbocycles. The van der Waals surface area contributed by atoms with Crippen molar-refractivity contribution in [2.24, 2.45) is 11.7 Å². The second-order valence-corrected chi connectivity index (χ2v) is 7.51. The average molecular weight is 372 g/mol. The van der Waals surface area contributed by atoms with Crippen molar-refractivity contribution >= 4 is 27.7 Å². The summed E-state index contributed by atoms with van der Waals surface area (Å²) in [6.45, 7) is 5.85. The number of hydrogen-bond acceptors (Lipinski definition) is 6. The van der Waals surface area contributed by atoms with Crippen molar-refractivity contribution in [3.63, 3.8) is 0 Å². The van der Waals surface area contributed by atoms with E-state index in [-0.39, 0.29) is 22.9 Å². The fraction of sp³-hybridized carbons (Fsp3) is 0.474. The number of hydrogen-bond donors (Lipinski definition) is 1. The number of rotatable bonds is 2. The number of ether oxygens (including phenoxy) is 1. The number of benzene rings is 1. The molecule has 0 unspecified atom stereocenters. The Balaban J connectivity index is 1.87. The summed E-state index contributed by atoms with van der Waals surface area (Å²) < 4.78 is 28.5. The summed E-state index contributed by atoms with van der Waals surface area (Å²) in [7, 11) is 0. The molecule has 5 rings (SSSR count). The van der Waals surface area contributed by atoms with Gasteiger partial charge in [0.15, 0.2) is 28.6 Å². The summed E-state index contributed by atoms with van der Waals surface area (Å²) >= 11 is 0. The molecule has 2 aliphatic heterocycles. The van der Waals surface area contributed by atoms with E-state index in [1.165, 1.54) is 6.07 Å². The fourth-order valence-electron chi connectivity index (χ4n) is 4.35. The van der Waals surface area contributed by atoms with Crippen LogP contribution in [-0.4, -0.2) is 35.8 Å². The van der Waals surface area contributed by atoms with E-state index in [1.54, 1.807) is 11.5 Å². The van der Waals surface area contributed by atoms with Crippen LogP contribution in [0.3, 0.4) is 0 Å². The molecule has 1 fully saturated rings. The second-order valence-electron chi connectivity index (χ2n) is 7.51. The van der Waals surface area contributed by atoms with Crippen LogP contribution in [0.5, 0.6) is 5.75 Å². The zero-order valence-electron chi connectivity index (χ0n) is 15.3. The number of pyridine rings is 1. The van der Waals surface area contributed by atoms with E-state index in [0.717, 1.165) is 6.42 Å². The van der Waals surface area contributed by atoms with Gasteiger partial charge in [-0.15, -0.1) is 0 Å². The molecular formula is C19H21FN4O3. The Labute approximate surface area is 154 Å². The van der Waals surface area contributed by atoms with Crippen LogP contribution in [0.15, 0.2) is 15.3 Å². The first-order valence-corrected chi connectivity index (χ1v) is 9.25. The summed E-state index contributed by atoms with van der Waals surface area (Å²) in [5, 5.41) is 0.516. The quantitative estimate of drug-likeness (QED) is 0.743. The monoisotopic (exact) mass is 372 g/mol. The number of nitrogens with two attached hydrogens (primary N) is 1. The van der Waals surface area contributed by atoms with Crippen LogP contribution >= 0.6 is 0 Å². The van der Waals surface area contributed by atoms with E-state index in [0.29, 0.717) is 66.0 Å². The van der Waals surface area contributed by atoms with Gasteiger partial charge in [0.05, 0.1) is 11.4 Å². The van der Waals surface area contributed by atoms with Crippen molar-refractivity contribution in [3.05, 3.63) is 28.1 Å². The number of halogens is 1. The van der Waals surface area contributed by atoms with Crippen LogP contribution in [0.4, 0.5) is 10.1 Å². The highest BCUT2D eigenvalue weighted by atomic mass is 19.1. The molecule has 142 valence electrons. The molecule has 2 N–H and O–H groups in total. The molecule has 8 heteroatoms. The zero-order valence-corrected chi connectivity index (χ0v) is 15.3. The zero-order chi connectivity index (χ0) is 18.9. The molecule has 0 radical (unpaired) electrons. The number of aryl methyl sites for hydroxylation is 1. The molecule has 2 aliphatic rings. The van der Waals surface area contributed by atoms with Gasteiger partial charge in [0.2, 0.25) is 0 Å². The number of anilines is 1. The first-order chi connectivity index (χ1) is 13.0. The molecule has 27 heavy (non-hydrogen) atoms. The first-order valence-electron chi connectivity index (χ1n) is 9.25. The standard InChI is InChI=1S/C19H21FN4O3/c1-9-8-26-18-15-12(17-14(19(25)24(9)15)22-10(2)27-17)5-13(20)16(18)23-4-3-11(6-21)7-23/h5,9,11H,3-4,6-8,21H2,1-2H3/t9-,11+/m0/s1. The highest BCUT2D eigenvalue weighted by molar-refractivity contribution is 6.05. The van der Waals surface area contributed by atoms with Gasteiger partial charge < -0.3 is 19.8 Å². The minimum atomic E-state index is -0.384. The first kappa shape index (κ1) is 16.6. The van der Waals surface area contributed by atoms with Crippen molar-refractivity contribution < 1.29 is 13.5 Å². The number of oxazole rings is 1. The van der Waals surface area contributed by atoms with E-state index >= 15 is 4.39 Å². The summed E-state index contributed by atoms with van der Waals surface area (Å²) in [5.41, 5.74) is 7.10. The average Bonchev–Trinajstić information content (AvgIpc) is 3.26. The molecule has 0 amide bonds. The predicted octanol–water partition coefficient (Wildman–Crippen LogP) is 2.33. The maximum absolute atomic E-state index is 15.2. The van der Waals surface area contributed by atoms with Crippen LogP contribution in [0.25, 0.3) is 22.0 Å². The van der Waals surface area contributed by atoms with E-state index in [1.807, 2.05) is 11.8 Å². The summed E-state index contributed by atoms with van der Waals surface area (Å²) in [4.78, 5) is 19.3. The summed E-state index contributed by atoms with van der Waals surface area (Å²) in [6.07, 6.45) is 0.914. The van der Waals surface area contributed by atoms with Gasteiger partial charge >= 0.3 is 0 Å². The molecular weight excluding hydrogens is 351 g/mol. The van der Waals surface area contributed by atoms with Gasteiger partial charge in [0.25, 0.3) is 5.56 Å².